The predicted molar refractivity (Wildman–Crippen MR) is 71.4 cm³/mol. The summed E-state index contributed by atoms with van der Waals surface area (Å²) in [5.41, 5.74) is 7.29. The first-order chi connectivity index (χ1) is 9.01. The number of hydrogen-bond donors (Lipinski definition) is 2. The minimum atomic E-state index is -0.283. The van der Waals surface area contributed by atoms with Crippen molar-refractivity contribution in [1.82, 2.24) is 24.9 Å². The number of aryl methyl sites for hydroxylation is 2. The molecule has 7 nitrogen and oxygen atoms in total. The monoisotopic (exact) mass is 262 g/mol. The lowest BCUT2D eigenvalue weighted by atomic mass is 10.2. The first-order valence-corrected chi connectivity index (χ1v) is 6.13. The van der Waals surface area contributed by atoms with E-state index in [0.29, 0.717) is 5.69 Å². The molecule has 1 unspecified atom stereocenters. The zero-order valence-corrected chi connectivity index (χ0v) is 11.3. The van der Waals surface area contributed by atoms with Crippen LogP contribution in [0.5, 0.6) is 0 Å². The lowest BCUT2D eigenvalue weighted by Crippen LogP contribution is -2.27. The van der Waals surface area contributed by atoms with Crippen LogP contribution in [0.25, 0.3) is 0 Å². The molecule has 0 aromatic carbocycles. The van der Waals surface area contributed by atoms with Crippen LogP contribution >= 0.6 is 0 Å². The number of anilines is 1. The SMILES string of the molecule is CCn1cc(C(C)NC(=O)c2nn(C)cc2N)cn1. The second-order valence-electron chi connectivity index (χ2n) is 4.43. The third-order valence-electron chi connectivity index (χ3n) is 2.90. The molecule has 7 heteroatoms. The zero-order chi connectivity index (χ0) is 14.0. The molecule has 2 rings (SSSR count). The molecule has 0 spiro atoms. The van der Waals surface area contributed by atoms with Gasteiger partial charge in [-0.1, -0.05) is 0 Å². The van der Waals surface area contributed by atoms with E-state index in [9.17, 15) is 4.79 Å². The van der Waals surface area contributed by atoms with Gasteiger partial charge in [-0.2, -0.15) is 10.2 Å². The number of nitrogens with one attached hydrogen (secondary N) is 1. The van der Waals surface area contributed by atoms with Crippen LogP contribution in [-0.4, -0.2) is 25.5 Å². The summed E-state index contributed by atoms with van der Waals surface area (Å²) in [6.07, 6.45) is 5.26. The molecule has 19 heavy (non-hydrogen) atoms. The van der Waals surface area contributed by atoms with E-state index in [1.54, 1.807) is 19.4 Å². The minimum Gasteiger partial charge on any atom is -0.396 e. The molecule has 0 bridgehead atoms. The highest BCUT2D eigenvalue weighted by atomic mass is 16.2. The molecule has 3 N–H and O–H groups in total. The number of carbonyl (C=O) groups excluding carboxylic acids is 1. The van der Waals surface area contributed by atoms with Crippen molar-refractivity contribution in [3.05, 3.63) is 29.8 Å². The molecule has 0 saturated carbocycles. The van der Waals surface area contributed by atoms with Gasteiger partial charge >= 0.3 is 0 Å². The van der Waals surface area contributed by atoms with Crippen LogP contribution in [0.15, 0.2) is 18.6 Å². The van der Waals surface area contributed by atoms with E-state index in [4.69, 9.17) is 5.73 Å². The summed E-state index contributed by atoms with van der Waals surface area (Å²) in [6, 6.07) is -0.144. The van der Waals surface area contributed by atoms with Crippen LogP contribution in [0.1, 0.15) is 35.9 Å². The number of nitrogens with zero attached hydrogens (tertiary/aromatic N) is 4. The Bertz CT molecular complexity index is 585. The lowest BCUT2D eigenvalue weighted by molar-refractivity contribution is 0.0935. The van der Waals surface area contributed by atoms with Crippen LogP contribution in [0.2, 0.25) is 0 Å². The molecule has 2 heterocycles. The maximum absolute atomic E-state index is 12.0. The minimum absolute atomic E-state index is 0.144. The molecular weight excluding hydrogens is 244 g/mol. The van der Waals surface area contributed by atoms with Crippen molar-refractivity contribution in [2.24, 2.45) is 7.05 Å². The van der Waals surface area contributed by atoms with Gasteiger partial charge in [0.2, 0.25) is 0 Å². The van der Waals surface area contributed by atoms with Crippen molar-refractivity contribution in [3.8, 4) is 0 Å². The van der Waals surface area contributed by atoms with E-state index in [-0.39, 0.29) is 17.6 Å². The van der Waals surface area contributed by atoms with Gasteiger partial charge in [-0.25, -0.2) is 0 Å². The van der Waals surface area contributed by atoms with Gasteiger partial charge in [0.1, 0.15) is 0 Å². The third kappa shape index (κ3) is 2.75. The Morgan fingerprint density at radius 2 is 2.26 bits per heavy atom. The van der Waals surface area contributed by atoms with Gasteiger partial charge in [0.15, 0.2) is 5.69 Å². The van der Waals surface area contributed by atoms with E-state index >= 15 is 0 Å². The van der Waals surface area contributed by atoms with Crippen molar-refractivity contribution < 1.29 is 4.79 Å². The van der Waals surface area contributed by atoms with Crippen molar-refractivity contribution in [2.45, 2.75) is 26.4 Å². The molecule has 2 aromatic rings. The zero-order valence-electron chi connectivity index (χ0n) is 11.3. The topological polar surface area (TPSA) is 90.8 Å². The molecule has 0 aliphatic rings. The summed E-state index contributed by atoms with van der Waals surface area (Å²) in [6.45, 7) is 4.70. The number of nitrogens with two attached hydrogens (primary N) is 1. The molecule has 0 aliphatic heterocycles. The summed E-state index contributed by atoms with van der Waals surface area (Å²) in [7, 11) is 1.72. The van der Waals surface area contributed by atoms with Gasteiger partial charge in [-0.3, -0.25) is 14.2 Å². The quantitative estimate of drug-likeness (QED) is 0.849. The van der Waals surface area contributed by atoms with Crippen LogP contribution < -0.4 is 11.1 Å². The third-order valence-corrected chi connectivity index (χ3v) is 2.90. The molecule has 102 valence electrons. The summed E-state index contributed by atoms with van der Waals surface area (Å²) in [5.74, 6) is -0.283. The highest BCUT2D eigenvalue weighted by molar-refractivity contribution is 5.97. The van der Waals surface area contributed by atoms with Gasteiger partial charge in [0.25, 0.3) is 5.91 Å². The normalized spacial score (nSPS) is 12.4. The highest BCUT2D eigenvalue weighted by Crippen LogP contribution is 2.14. The Balaban J connectivity index is 2.08. The maximum Gasteiger partial charge on any atom is 0.274 e. The molecule has 2 aromatic heterocycles. The smallest absolute Gasteiger partial charge is 0.274 e. The summed E-state index contributed by atoms with van der Waals surface area (Å²) < 4.78 is 3.33. The number of aromatic nitrogens is 4. The number of amides is 1. The number of carbonyl (C=O) groups is 1. The van der Waals surface area contributed by atoms with E-state index in [1.165, 1.54) is 4.68 Å². The maximum atomic E-state index is 12.0. The largest absolute Gasteiger partial charge is 0.396 e. The van der Waals surface area contributed by atoms with Crippen LogP contribution in [0, 0.1) is 0 Å². The van der Waals surface area contributed by atoms with Gasteiger partial charge < -0.3 is 11.1 Å². The second kappa shape index (κ2) is 5.13. The first kappa shape index (κ1) is 13.1. The summed E-state index contributed by atoms with van der Waals surface area (Å²) in [4.78, 5) is 12.0. The van der Waals surface area contributed by atoms with E-state index < -0.39 is 0 Å². The second-order valence-corrected chi connectivity index (χ2v) is 4.43. The molecular formula is C12H18N6O. The number of hydrogen-bond acceptors (Lipinski definition) is 4. The summed E-state index contributed by atoms with van der Waals surface area (Å²) in [5, 5.41) is 11.1. The fourth-order valence-electron chi connectivity index (χ4n) is 1.81. The predicted octanol–water partition coefficient (Wildman–Crippen LogP) is 0.710. The van der Waals surface area contributed by atoms with Crippen LogP contribution in [0.4, 0.5) is 5.69 Å². The Kier molecular flexibility index (Phi) is 3.55. The summed E-state index contributed by atoms with van der Waals surface area (Å²) >= 11 is 0. The Labute approximate surface area is 111 Å². The lowest BCUT2D eigenvalue weighted by Gasteiger charge is -2.11. The highest BCUT2D eigenvalue weighted by Gasteiger charge is 2.17. The Hall–Kier alpha value is -2.31. The van der Waals surface area contributed by atoms with Gasteiger partial charge in [-0.15, -0.1) is 0 Å². The van der Waals surface area contributed by atoms with Crippen molar-refractivity contribution in [3.63, 3.8) is 0 Å². The molecule has 0 aliphatic carbocycles. The van der Waals surface area contributed by atoms with Crippen molar-refractivity contribution in [1.29, 1.82) is 0 Å². The fraction of sp³-hybridized carbons (Fsp3) is 0.417. The first-order valence-electron chi connectivity index (χ1n) is 6.13. The molecule has 1 atom stereocenters. The fourth-order valence-corrected chi connectivity index (χ4v) is 1.81. The molecule has 0 radical (unpaired) electrons. The molecule has 1 amide bonds. The Morgan fingerprint density at radius 1 is 1.53 bits per heavy atom. The van der Waals surface area contributed by atoms with E-state index in [0.717, 1.165) is 12.1 Å². The van der Waals surface area contributed by atoms with Crippen molar-refractivity contribution >= 4 is 11.6 Å². The average molecular weight is 262 g/mol. The van der Waals surface area contributed by atoms with Crippen LogP contribution in [0.3, 0.4) is 0 Å². The van der Waals surface area contributed by atoms with Crippen molar-refractivity contribution in [2.75, 3.05) is 5.73 Å². The standard InChI is InChI=1S/C12H18N6O/c1-4-18-6-9(5-14-18)8(2)15-12(19)11-10(13)7-17(3)16-11/h5-8H,4,13H2,1-3H3,(H,15,19). The molecule has 0 saturated heterocycles. The van der Waals surface area contributed by atoms with Gasteiger partial charge in [0, 0.05) is 31.5 Å². The van der Waals surface area contributed by atoms with E-state index in [1.807, 2.05) is 24.7 Å². The van der Waals surface area contributed by atoms with Crippen LogP contribution in [-0.2, 0) is 13.6 Å². The number of rotatable bonds is 4. The number of nitrogen functional groups attached to an aromatic ring is 1. The van der Waals surface area contributed by atoms with Gasteiger partial charge in [0.05, 0.1) is 17.9 Å². The van der Waals surface area contributed by atoms with Gasteiger partial charge in [-0.05, 0) is 13.8 Å². The van der Waals surface area contributed by atoms with E-state index in [2.05, 4.69) is 15.5 Å². The Morgan fingerprint density at radius 3 is 2.79 bits per heavy atom. The molecule has 0 fully saturated rings. The average Bonchev–Trinajstić information content (AvgIpc) is 2.95.